The highest BCUT2D eigenvalue weighted by Gasteiger charge is 2.23. The minimum Gasteiger partial charge on any atom is -0.464 e. The highest BCUT2D eigenvalue weighted by molar-refractivity contribution is 7.98. The van der Waals surface area contributed by atoms with Crippen molar-refractivity contribution < 1.29 is 23.9 Å². The van der Waals surface area contributed by atoms with Gasteiger partial charge in [0, 0.05) is 0 Å². The molecule has 1 atom stereocenters. The topological polar surface area (TPSA) is 114 Å². The van der Waals surface area contributed by atoms with Crippen LogP contribution in [-0.4, -0.2) is 49.4 Å². The van der Waals surface area contributed by atoms with Crippen molar-refractivity contribution in [3.63, 3.8) is 0 Å². The number of carbonyl (C=O) groups excluding carboxylic acids is 4. The van der Waals surface area contributed by atoms with Crippen LogP contribution in [0.1, 0.15) is 25.8 Å². The number of rotatable bonds is 12. The molecule has 1 rings (SSSR count). The molecule has 0 aromatic heterocycles. The molecular weight excluding hydrogens is 418 g/mol. The maximum Gasteiger partial charge on any atom is 0.354 e. The molecule has 0 bridgehead atoms. The quantitative estimate of drug-likeness (QED) is 0.256. The van der Waals surface area contributed by atoms with Crippen LogP contribution in [-0.2, 0) is 23.9 Å². The van der Waals surface area contributed by atoms with Gasteiger partial charge in [0.2, 0.25) is 12.3 Å². The normalized spacial score (nSPS) is 12.7. The van der Waals surface area contributed by atoms with Gasteiger partial charge in [0.15, 0.2) is 0 Å². The van der Waals surface area contributed by atoms with Crippen LogP contribution in [0, 0.1) is 5.92 Å². The van der Waals surface area contributed by atoms with Crippen LogP contribution < -0.4 is 16.0 Å². The van der Waals surface area contributed by atoms with E-state index in [0.717, 1.165) is 0 Å². The Labute approximate surface area is 186 Å². The molecule has 0 unspecified atom stereocenters. The summed E-state index contributed by atoms with van der Waals surface area (Å²) in [5.74, 6) is -1.34. The van der Waals surface area contributed by atoms with Crippen LogP contribution in [0.3, 0.4) is 0 Å². The summed E-state index contributed by atoms with van der Waals surface area (Å²) in [5.41, 5.74) is 0.589. The summed E-state index contributed by atoms with van der Waals surface area (Å²) in [6.07, 6.45) is 5.80. The summed E-state index contributed by atoms with van der Waals surface area (Å²) in [6, 6.07) is 8.16. The maximum absolute atomic E-state index is 12.9. The second-order valence-electron chi connectivity index (χ2n) is 6.85. The fourth-order valence-electron chi connectivity index (χ4n) is 2.50. The van der Waals surface area contributed by atoms with Crippen molar-refractivity contribution in [2.24, 2.45) is 5.92 Å². The van der Waals surface area contributed by atoms with Gasteiger partial charge in [-0.3, -0.25) is 14.4 Å². The molecule has 0 radical (unpaired) electrons. The molecule has 1 aromatic rings. The average molecular weight is 448 g/mol. The lowest BCUT2D eigenvalue weighted by atomic mass is 10.1. The van der Waals surface area contributed by atoms with Crippen LogP contribution in [0.25, 0.3) is 6.08 Å². The first-order valence-electron chi connectivity index (χ1n) is 9.70. The lowest BCUT2D eigenvalue weighted by Crippen LogP contribution is -2.46. The van der Waals surface area contributed by atoms with Gasteiger partial charge in [-0.2, -0.15) is 11.8 Å². The SMILES string of the molecule is COC(=O)/C(=C\c1ccccc1)NC(=O)/C(=C\C(C)C)NC(=O)[C@H](CCSC)NC=O. The molecule has 0 spiro atoms. The number of amides is 3. The number of benzene rings is 1. The summed E-state index contributed by atoms with van der Waals surface area (Å²) in [4.78, 5) is 48.6. The fourth-order valence-corrected chi connectivity index (χ4v) is 2.97. The van der Waals surface area contributed by atoms with Gasteiger partial charge in [-0.25, -0.2) is 4.79 Å². The summed E-state index contributed by atoms with van der Waals surface area (Å²) in [5, 5.41) is 7.55. The van der Waals surface area contributed by atoms with Crippen molar-refractivity contribution in [1.82, 2.24) is 16.0 Å². The Morgan fingerprint density at radius 3 is 2.32 bits per heavy atom. The molecular formula is C22H29N3O5S. The number of hydrogen-bond donors (Lipinski definition) is 3. The van der Waals surface area contributed by atoms with E-state index in [-0.39, 0.29) is 17.3 Å². The lowest BCUT2D eigenvalue weighted by molar-refractivity contribution is -0.137. The standard InChI is InChI=1S/C22H29N3O5S/c1-15(2)12-18(24-20(27)17(23-14-26)10-11-31-4)21(28)25-19(22(29)30-3)13-16-8-6-5-7-9-16/h5-9,12-15,17H,10-11H2,1-4H3,(H,23,26)(H,24,27)(H,25,28)/b18-12+,19-13+/t17-/m0/s1. The Morgan fingerprint density at radius 2 is 1.77 bits per heavy atom. The fraction of sp³-hybridized carbons (Fsp3) is 0.364. The molecule has 3 N–H and O–H groups in total. The van der Waals surface area contributed by atoms with Gasteiger partial charge < -0.3 is 20.7 Å². The molecule has 0 aliphatic heterocycles. The number of thioether (sulfide) groups is 1. The van der Waals surface area contributed by atoms with Crippen molar-refractivity contribution in [2.75, 3.05) is 19.1 Å². The van der Waals surface area contributed by atoms with Crippen LogP contribution >= 0.6 is 11.8 Å². The zero-order valence-electron chi connectivity index (χ0n) is 18.1. The van der Waals surface area contributed by atoms with E-state index in [1.165, 1.54) is 24.9 Å². The van der Waals surface area contributed by atoms with E-state index in [1.54, 1.807) is 30.3 Å². The molecule has 31 heavy (non-hydrogen) atoms. The zero-order chi connectivity index (χ0) is 23.2. The molecule has 168 valence electrons. The predicted octanol–water partition coefficient (Wildman–Crippen LogP) is 1.84. The zero-order valence-corrected chi connectivity index (χ0v) is 19.0. The highest BCUT2D eigenvalue weighted by atomic mass is 32.2. The molecule has 0 aliphatic rings. The number of hydrogen-bond acceptors (Lipinski definition) is 6. The molecule has 0 saturated carbocycles. The molecule has 8 nitrogen and oxygen atoms in total. The van der Waals surface area contributed by atoms with Gasteiger partial charge >= 0.3 is 5.97 Å². The van der Waals surface area contributed by atoms with Crippen molar-refractivity contribution >= 4 is 42.0 Å². The summed E-state index contributed by atoms with van der Waals surface area (Å²) in [6.45, 7) is 3.69. The van der Waals surface area contributed by atoms with Crippen LogP contribution in [0.15, 0.2) is 47.8 Å². The van der Waals surface area contributed by atoms with Gasteiger partial charge in [0.25, 0.3) is 5.91 Å². The Bertz CT molecular complexity index is 822. The minimum absolute atomic E-state index is 0.0234. The number of carbonyl (C=O) groups is 4. The van der Waals surface area contributed by atoms with Crippen molar-refractivity contribution in [3.8, 4) is 0 Å². The first kappa shape index (κ1) is 26.0. The Hall–Kier alpha value is -3.07. The molecule has 1 aromatic carbocycles. The number of ether oxygens (including phenoxy) is 1. The third-order valence-corrected chi connectivity index (χ3v) is 4.61. The van der Waals surface area contributed by atoms with Gasteiger partial charge in [-0.05, 0) is 36.0 Å². The molecule has 0 saturated heterocycles. The Morgan fingerprint density at radius 1 is 1.10 bits per heavy atom. The number of allylic oxidation sites excluding steroid dienone is 1. The maximum atomic E-state index is 12.9. The van der Waals surface area contributed by atoms with E-state index < -0.39 is 23.8 Å². The summed E-state index contributed by atoms with van der Waals surface area (Å²) in [7, 11) is 1.21. The van der Waals surface area contributed by atoms with Crippen LogP contribution in [0.2, 0.25) is 0 Å². The lowest BCUT2D eigenvalue weighted by Gasteiger charge is -2.18. The first-order chi connectivity index (χ1) is 14.8. The number of methoxy groups -OCH3 is 1. The largest absolute Gasteiger partial charge is 0.464 e. The van der Waals surface area contributed by atoms with E-state index in [0.29, 0.717) is 24.1 Å². The third-order valence-electron chi connectivity index (χ3n) is 3.96. The number of esters is 1. The van der Waals surface area contributed by atoms with Crippen molar-refractivity contribution in [1.29, 1.82) is 0 Å². The minimum atomic E-state index is -0.784. The summed E-state index contributed by atoms with van der Waals surface area (Å²) >= 11 is 1.54. The van der Waals surface area contributed by atoms with E-state index in [1.807, 2.05) is 26.2 Å². The molecule has 0 heterocycles. The smallest absolute Gasteiger partial charge is 0.354 e. The van der Waals surface area contributed by atoms with Gasteiger partial charge in [-0.15, -0.1) is 0 Å². The van der Waals surface area contributed by atoms with Crippen LogP contribution in [0.4, 0.5) is 0 Å². The molecule has 0 fully saturated rings. The van der Waals surface area contributed by atoms with Crippen LogP contribution in [0.5, 0.6) is 0 Å². The monoisotopic (exact) mass is 447 g/mol. The Kier molecular flexibility index (Phi) is 11.7. The third kappa shape index (κ3) is 9.52. The van der Waals surface area contributed by atoms with Gasteiger partial charge in [0.1, 0.15) is 17.4 Å². The Balaban J connectivity index is 3.10. The highest BCUT2D eigenvalue weighted by Crippen LogP contribution is 2.09. The molecule has 3 amide bonds. The molecule has 9 heteroatoms. The van der Waals surface area contributed by atoms with E-state index in [2.05, 4.69) is 16.0 Å². The van der Waals surface area contributed by atoms with Crippen molar-refractivity contribution in [3.05, 3.63) is 53.4 Å². The summed E-state index contributed by atoms with van der Waals surface area (Å²) < 4.78 is 4.76. The second-order valence-corrected chi connectivity index (χ2v) is 7.83. The predicted molar refractivity (Wildman–Crippen MR) is 122 cm³/mol. The van der Waals surface area contributed by atoms with E-state index in [4.69, 9.17) is 4.74 Å². The number of nitrogens with one attached hydrogen (secondary N) is 3. The molecule has 0 aliphatic carbocycles. The average Bonchev–Trinajstić information content (AvgIpc) is 2.75. The van der Waals surface area contributed by atoms with E-state index in [9.17, 15) is 19.2 Å². The first-order valence-corrected chi connectivity index (χ1v) is 11.1. The van der Waals surface area contributed by atoms with E-state index >= 15 is 0 Å². The second kappa shape index (κ2) is 14.0. The van der Waals surface area contributed by atoms with Gasteiger partial charge in [0.05, 0.1) is 7.11 Å². The van der Waals surface area contributed by atoms with Crippen molar-refractivity contribution in [2.45, 2.75) is 26.3 Å². The van der Waals surface area contributed by atoms with Gasteiger partial charge in [-0.1, -0.05) is 50.3 Å².